The van der Waals surface area contributed by atoms with Crippen molar-refractivity contribution in [2.45, 2.75) is 26.9 Å². The number of halogens is 2. The number of esters is 1. The van der Waals surface area contributed by atoms with Gasteiger partial charge in [0, 0.05) is 10.6 Å². The summed E-state index contributed by atoms with van der Waals surface area (Å²) in [4.78, 5) is 36.7. The molecule has 2 amide bonds. The fourth-order valence-electron chi connectivity index (χ4n) is 2.56. The Hall–Kier alpha value is -2.97. The highest BCUT2D eigenvalue weighted by atomic mass is 35.5. The van der Waals surface area contributed by atoms with Crippen molar-refractivity contribution in [2.75, 3.05) is 25.1 Å². The molecular weight excluding hydrogens is 459 g/mol. The molecule has 0 aliphatic carbocycles. The van der Waals surface area contributed by atoms with E-state index < -0.39 is 30.4 Å². The largest absolute Gasteiger partial charge is 0.490 e. The van der Waals surface area contributed by atoms with Gasteiger partial charge in [-0.15, -0.1) is 0 Å². The molecule has 2 rings (SSSR count). The van der Waals surface area contributed by atoms with Crippen molar-refractivity contribution in [3.05, 3.63) is 52.0 Å². The predicted molar refractivity (Wildman–Crippen MR) is 122 cm³/mol. The Labute approximate surface area is 196 Å². The molecule has 0 radical (unpaired) electrons. The zero-order chi connectivity index (χ0) is 23.7. The van der Waals surface area contributed by atoms with Gasteiger partial charge in [-0.05, 0) is 57.2 Å². The average Bonchev–Trinajstić information content (AvgIpc) is 2.75. The van der Waals surface area contributed by atoms with Crippen LogP contribution in [0.4, 0.5) is 5.69 Å². The molecule has 1 atom stereocenters. The number of hydrogen-bond acceptors (Lipinski definition) is 6. The Balaban J connectivity index is 1.89. The molecule has 0 saturated heterocycles. The lowest BCUT2D eigenvalue weighted by Crippen LogP contribution is -2.35. The molecule has 2 N–H and O–H groups in total. The van der Waals surface area contributed by atoms with E-state index >= 15 is 0 Å². The number of anilines is 1. The molecule has 0 bridgehead atoms. The van der Waals surface area contributed by atoms with E-state index in [0.29, 0.717) is 35.4 Å². The van der Waals surface area contributed by atoms with E-state index in [1.54, 1.807) is 18.2 Å². The number of carbonyl (C=O) groups excluding carboxylic acids is 3. The summed E-state index contributed by atoms with van der Waals surface area (Å²) in [6.45, 7) is 5.49. The summed E-state index contributed by atoms with van der Waals surface area (Å²) >= 11 is 11.8. The molecule has 2 aromatic rings. The Morgan fingerprint density at radius 1 is 0.969 bits per heavy atom. The molecule has 0 heterocycles. The van der Waals surface area contributed by atoms with Gasteiger partial charge in [-0.3, -0.25) is 14.4 Å². The lowest BCUT2D eigenvalue weighted by atomic mass is 10.2. The van der Waals surface area contributed by atoms with Gasteiger partial charge in [-0.25, -0.2) is 0 Å². The van der Waals surface area contributed by atoms with Crippen LogP contribution < -0.4 is 20.1 Å². The van der Waals surface area contributed by atoms with Crippen LogP contribution in [0.2, 0.25) is 10.0 Å². The van der Waals surface area contributed by atoms with E-state index in [-0.39, 0.29) is 10.6 Å². The number of rotatable bonds is 10. The molecule has 0 aromatic heterocycles. The Morgan fingerprint density at radius 3 is 2.31 bits per heavy atom. The Kier molecular flexibility index (Phi) is 9.61. The average molecular weight is 483 g/mol. The van der Waals surface area contributed by atoms with Crippen molar-refractivity contribution in [3.63, 3.8) is 0 Å². The minimum atomic E-state index is -1.11. The third-order valence-electron chi connectivity index (χ3n) is 4.07. The van der Waals surface area contributed by atoms with Gasteiger partial charge in [0.2, 0.25) is 0 Å². The van der Waals surface area contributed by atoms with Crippen LogP contribution in [-0.4, -0.2) is 43.6 Å². The number of ether oxygens (including phenoxy) is 3. The maximum Gasteiger partial charge on any atom is 0.326 e. The van der Waals surface area contributed by atoms with Crippen LogP contribution in [0.5, 0.6) is 11.5 Å². The maximum atomic E-state index is 12.4. The lowest BCUT2D eigenvalue weighted by Gasteiger charge is -2.15. The van der Waals surface area contributed by atoms with Crippen molar-refractivity contribution in [1.29, 1.82) is 0 Å². The number of hydrogen-bond donors (Lipinski definition) is 2. The van der Waals surface area contributed by atoms with Gasteiger partial charge in [0.1, 0.15) is 6.54 Å². The predicted octanol–water partition coefficient (Wildman–Crippen LogP) is 4.09. The third-order valence-corrected chi connectivity index (χ3v) is 4.61. The highest BCUT2D eigenvalue weighted by Gasteiger charge is 2.20. The molecule has 10 heteroatoms. The number of carbonyl (C=O) groups is 3. The monoisotopic (exact) mass is 482 g/mol. The molecule has 0 fully saturated rings. The minimum absolute atomic E-state index is 0.249. The molecule has 0 unspecified atom stereocenters. The van der Waals surface area contributed by atoms with Crippen molar-refractivity contribution in [1.82, 2.24) is 5.32 Å². The fourth-order valence-corrected chi connectivity index (χ4v) is 3.02. The first-order valence-electron chi connectivity index (χ1n) is 9.88. The smallest absolute Gasteiger partial charge is 0.326 e. The second kappa shape index (κ2) is 12.2. The van der Waals surface area contributed by atoms with Crippen LogP contribution in [0, 0.1) is 0 Å². The molecule has 172 valence electrons. The first kappa shape index (κ1) is 25.3. The zero-order valence-electron chi connectivity index (χ0n) is 17.9. The molecule has 0 spiro atoms. The molecule has 32 heavy (non-hydrogen) atoms. The molecule has 8 nitrogen and oxygen atoms in total. The quantitative estimate of drug-likeness (QED) is 0.494. The first-order chi connectivity index (χ1) is 15.2. The van der Waals surface area contributed by atoms with Gasteiger partial charge in [0.05, 0.1) is 23.9 Å². The molecule has 0 saturated carbocycles. The van der Waals surface area contributed by atoms with E-state index in [0.717, 1.165) is 0 Å². The standard InChI is InChI=1S/C22H24Cl2N2O6/c1-4-30-18-9-6-14(10-19(18)31-5-2)22(29)25-12-20(27)32-13(3)21(28)26-17-8-7-15(23)11-16(17)24/h6-11,13H,4-5,12H2,1-3H3,(H,25,29)(H,26,28)/t13-/m1/s1. The van der Waals surface area contributed by atoms with Crippen LogP contribution >= 0.6 is 23.2 Å². The van der Waals surface area contributed by atoms with Gasteiger partial charge in [-0.2, -0.15) is 0 Å². The summed E-state index contributed by atoms with van der Waals surface area (Å²) < 4.78 is 16.0. The van der Waals surface area contributed by atoms with Crippen LogP contribution in [0.3, 0.4) is 0 Å². The topological polar surface area (TPSA) is 103 Å². The van der Waals surface area contributed by atoms with Crippen LogP contribution in [0.15, 0.2) is 36.4 Å². The second-order valence-corrected chi connectivity index (χ2v) is 7.30. The normalized spacial score (nSPS) is 11.3. The summed E-state index contributed by atoms with van der Waals surface area (Å²) in [7, 11) is 0. The second-order valence-electron chi connectivity index (χ2n) is 6.46. The highest BCUT2D eigenvalue weighted by Crippen LogP contribution is 2.28. The summed E-state index contributed by atoms with van der Waals surface area (Å²) in [6.07, 6.45) is -1.11. The molecular formula is C22H24Cl2N2O6. The van der Waals surface area contributed by atoms with E-state index in [2.05, 4.69) is 10.6 Å². The molecule has 0 aliphatic heterocycles. The SMILES string of the molecule is CCOc1ccc(C(=O)NCC(=O)O[C@H](C)C(=O)Nc2ccc(Cl)cc2Cl)cc1OCC. The number of nitrogens with one attached hydrogen (secondary N) is 2. The van der Waals surface area contributed by atoms with Gasteiger partial charge in [0.15, 0.2) is 17.6 Å². The van der Waals surface area contributed by atoms with E-state index in [1.807, 2.05) is 13.8 Å². The Bertz CT molecular complexity index is 983. The molecule has 0 aliphatic rings. The van der Waals surface area contributed by atoms with Gasteiger partial charge in [-0.1, -0.05) is 23.2 Å². The van der Waals surface area contributed by atoms with Crippen LogP contribution in [-0.2, 0) is 14.3 Å². The number of benzene rings is 2. The van der Waals surface area contributed by atoms with Gasteiger partial charge < -0.3 is 24.8 Å². The minimum Gasteiger partial charge on any atom is -0.490 e. The zero-order valence-corrected chi connectivity index (χ0v) is 19.4. The number of amides is 2. The van der Waals surface area contributed by atoms with Crippen LogP contribution in [0.25, 0.3) is 0 Å². The van der Waals surface area contributed by atoms with Gasteiger partial charge >= 0.3 is 5.97 Å². The highest BCUT2D eigenvalue weighted by molar-refractivity contribution is 6.36. The van der Waals surface area contributed by atoms with Crippen LogP contribution in [0.1, 0.15) is 31.1 Å². The summed E-state index contributed by atoms with van der Waals surface area (Å²) in [6, 6.07) is 9.28. The molecule has 2 aromatic carbocycles. The first-order valence-corrected chi connectivity index (χ1v) is 10.6. The van der Waals surface area contributed by atoms with Crippen molar-refractivity contribution >= 4 is 46.7 Å². The van der Waals surface area contributed by atoms with E-state index in [4.69, 9.17) is 37.4 Å². The van der Waals surface area contributed by atoms with Crippen molar-refractivity contribution in [2.24, 2.45) is 0 Å². The van der Waals surface area contributed by atoms with E-state index in [1.165, 1.54) is 25.1 Å². The van der Waals surface area contributed by atoms with Crippen molar-refractivity contribution < 1.29 is 28.6 Å². The lowest BCUT2D eigenvalue weighted by molar-refractivity contribution is -0.152. The Morgan fingerprint density at radius 2 is 1.66 bits per heavy atom. The van der Waals surface area contributed by atoms with Crippen molar-refractivity contribution in [3.8, 4) is 11.5 Å². The summed E-state index contributed by atoms with van der Waals surface area (Å²) in [5, 5.41) is 5.67. The fraction of sp³-hybridized carbons (Fsp3) is 0.318. The maximum absolute atomic E-state index is 12.4. The van der Waals surface area contributed by atoms with E-state index in [9.17, 15) is 14.4 Å². The third kappa shape index (κ3) is 7.32. The summed E-state index contributed by atoms with van der Waals surface area (Å²) in [5.41, 5.74) is 0.616. The summed E-state index contributed by atoms with van der Waals surface area (Å²) in [5.74, 6) is -0.918. The van der Waals surface area contributed by atoms with Gasteiger partial charge in [0.25, 0.3) is 11.8 Å².